The fourth-order valence-corrected chi connectivity index (χ4v) is 2.81. The fraction of sp³-hybridized carbons (Fsp3) is 0.600. The topological polar surface area (TPSA) is 75.6 Å². The Balaban J connectivity index is 3.08. The molecule has 1 N–H and O–H groups in total. The minimum atomic E-state index is 0.0673. The number of likely N-dealkylation sites (N-methyl/N-ethyl adjacent to an activating group) is 2. The average molecular weight is 395 g/mol. The first-order valence-electron chi connectivity index (χ1n) is 9.51. The number of carbonyl (C=O) groups excluding carboxylic acids is 1. The van der Waals surface area contributed by atoms with Crippen molar-refractivity contribution in [2.45, 2.75) is 27.3 Å². The Labute approximate surface area is 168 Å². The molecule has 8 heteroatoms. The van der Waals surface area contributed by atoms with E-state index in [2.05, 4.69) is 10.3 Å². The molecule has 0 saturated heterocycles. The molecule has 158 valence electrons. The molecule has 1 rings (SSSR count). The van der Waals surface area contributed by atoms with Crippen molar-refractivity contribution in [3.8, 4) is 17.2 Å². The molecule has 0 heterocycles. The standard InChI is InChI=1S/C20H34N4O4/c1-8-21-20(23(4)14-19(25)24(9-2)10-3)22-13-16-17(27-6)11-15(26-5)12-18(16)28-7/h11-12H,8-10,13-14H2,1-7H3,(H,21,22). The van der Waals surface area contributed by atoms with Crippen LogP contribution in [0.3, 0.4) is 0 Å². The first-order valence-corrected chi connectivity index (χ1v) is 9.51. The molecule has 0 aliphatic heterocycles. The fourth-order valence-electron chi connectivity index (χ4n) is 2.81. The number of nitrogens with one attached hydrogen (secondary N) is 1. The van der Waals surface area contributed by atoms with Crippen LogP contribution < -0.4 is 19.5 Å². The lowest BCUT2D eigenvalue weighted by Gasteiger charge is -2.25. The van der Waals surface area contributed by atoms with Gasteiger partial charge in [-0.25, -0.2) is 4.99 Å². The Hall–Kier alpha value is -2.64. The summed E-state index contributed by atoms with van der Waals surface area (Å²) in [5.41, 5.74) is 0.810. The van der Waals surface area contributed by atoms with Gasteiger partial charge in [-0.2, -0.15) is 0 Å². The number of guanidine groups is 1. The van der Waals surface area contributed by atoms with Gasteiger partial charge in [0.15, 0.2) is 5.96 Å². The van der Waals surface area contributed by atoms with Crippen molar-refractivity contribution in [1.29, 1.82) is 0 Å². The highest BCUT2D eigenvalue weighted by Crippen LogP contribution is 2.34. The van der Waals surface area contributed by atoms with Crippen LogP contribution in [0.2, 0.25) is 0 Å². The predicted molar refractivity (Wildman–Crippen MR) is 111 cm³/mol. The second-order valence-electron chi connectivity index (χ2n) is 6.10. The zero-order valence-corrected chi connectivity index (χ0v) is 18.2. The van der Waals surface area contributed by atoms with Gasteiger partial charge in [0, 0.05) is 38.8 Å². The summed E-state index contributed by atoms with van der Waals surface area (Å²) in [5, 5.41) is 3.23. The molecule has 0 bridgehead atoms. The summed E-state index contributed by atoms with van der Waals surface area (Å²) in [6, 6.07) is 3.60. The molecule has 8 nitrogen and oxygen atoms in total. The zero-order valence-electron chi connectivity index (χ0n) is 18.2. The number of hydrogen-bond acceptors (Lipinski definition) is 5. The molecule has 1 amide bonds. The highest BCUT2D eigenvalue weighted by atomic mass is 16.5. The Morgan fingerprint density at radius 1 is 1.04 bits per heavy atom. The van der Waals surface area contributed by atoms with Gasteiger partial charge in [0.2, 0.25) is 5.91 Å². The van der Waals surface area contributed by atoms with E-state index < -0.39 is 0 Å². The molecule has 0 fully saturated rings. The maximum Gasteiger partial charge on any atom is 0.242 e. The normalized spacial score (nSPS) is 11.0. The van der Waals surface area contributed by atoms with Gasteiger partial charge in [-0.3, -0.25) is 4.79 Å². The van der Waals surface area contributed by atoms with Crippen LogP contribution in [0.4, 0.5) is 0 Å². The molecule has 28 heavy (non-hydrogen) atoms. The molecule has 0 aromatic heterocycles. The van der Waals surface area contributed by atoms with Crippen LogP contribution in [-0.2, 0) is 11.3 Å². The van der Waals surface area contributed by atoms with Crippen molar-refractivity contribution in [2.24, 2.45) is 4.99 Å². The molecular weight excluding hydrogens is 360 g/mol. The number of methoxy groups -OCH3 is 3. The maximum absolute atomic E-state index is 12.4. The van der Waals surface area contributed by atoms with Crippen molar-refractivity contribution in [1.82, 2.24) is 15.1 Å². The van der Waals surface area contributed by atoms with Crippen LogP contribution in [0, 0.1) is 0 Å². The summed E-state index contributed by atoms with van der Waals surface area (Å²) in [4.78, 5) is 20.7. The SMILES string of the molecule is CCNC(=NCc1c(OC)cc(OC)cc1OC)N(C)CC(=O)N(CC)CC. The first-order chi connectivity index (χ1) is 13.4. The van der Waals surface area contributed by atoms with Gasteiger partial charge >= 0.3 is 0 Å². The van der Waals surface area contributed by atoms with Crippen LogP contribution in [0.5, 0.6) is 17.2 Å². The van der Waals surface area contributed by atoms with Crippen molar-refractivity contribution in [3.05, 3.63) is 17.7 Å². The number of rotatable bonds is 10. The van der Waals surface area contributed by atoms with E-state index in [0.29, 0.717) is 49.4 Å². The van der Waals surface area contributed by atoms with Crippen molar-refractivity contribution in [2.75, 3.05) is 54.6 Å². The van der Waals surface area contributed by atoms with Gasteiger partial charge < -0.3 is 29.3 Å². The number of benzene rings is 1. The highest BCUT2D eigenvalue weighted by molar-refractivity contribution is 5.86. The lowest BCUT2D eigenvalue weighted by Crippen LogP contribution is -2.45. The Morgan fingerprint density at radius 3 is 2.04 bits per heavy atom. The monoisotopic (exact) mass is 394 g/mol. The average Bonchev–Trinajstić information content (AvgIpc) is 2.71. The molecule has 0 radical (unpaired) electrons. The molecule has 0 aliphatic rings. The smallest absolute Gasteiger partial charge is 0.242 e. The third-order valence-corrected chi connectivity index (χ3v) is 4.39. The van der Waals surface area contributed by atoms with Crippen molar-refractivity contribution < 1.29 is 19.0 Å². The Morgan fingerprint density at radius 2 is 1.61 bits per heavy atom. The number of nitrogens with zero attached hydrogens (tertiary/aromatic N) is 3. The molecule has 0 saturated carbocycles. The van der Waals surface area contributed by atoms with E-state index in [4.69, 9.17) is 14.2 Å². The third kappa shape index (κ3) is 6.21. The van der Waals surface area contributed by atoms with E-state index >= 15 is 0 Å². The Kier molecular flexibility index (Phi) is 9.98. The van der Waals surface area contributed by atoms with E-state index in [1.807, 2.05) is 32.7 Å². The summed E-state index contributed by atoms with van der Waals surface area (Å²) in [7, 11) is 6.64. The summed E-state index contributed by atoms with van der Waals surface area (Å²) < 4.78 is 16.3. The molecule has 1 aromatic carbocycles. The summed E-state index contributed by atoms with van der Waals surface area (Å²) in [6.45, 7) is 8.61. The summed E-state index contributed by atoms with van der Waals surface area (Å²) in [5.74, 6) is 2.63. The lowest BCUT2D eigenvalue weighted by molar-refractivity contribution is -0.131. The maximum atomic E-state index is 12.4. The van der Waals surface area contributed by atoms with Crippen LogP contribution in [0.25, 0.3) is 0 Å². The van der Waals surface area contributed by atoms with Crippen molar-refractivity contribution in [3.63, 3.8) is 0 Å². The summed E-state index contributed by atoms with van der Waals surface area (Å²) in [6.07, 6.45) is 0. The second-order valence-corrected chi connectivity index (χ2v) is 6.10. The third-order valence-electron chi connectivity index (χ3n) is 4.39. The van der Waals surface area contributed by atoms with Gasteiger partial charge in [-0.15, -0.1) is 0 Å². The van der Waals surface area contributed by atoms with Crippen LogP contribution in [0.1, 0.15) is 26.3 Å². The summed E-state index contributed by atoms with van der Waals surface area (Å²) >= 11 is 0. The lowest BCUT2D eigenvalue weighted by atomic mass is 10.1. The van der Waals surface area contributed by atoms with Gasteiger partial charge in [-0.05, 0) is 20.8 Å². The largest absolute Gasteiger partial charge is 0.496 e. The molecule has 0 unspecified atom stereocenters. The van der Waals surface area contributed by atoms with Gasteiger partial charge in [0.25, 0.3) is 0 Å². The van der Waals surface area contributed by atoms with Crippen LogP contribution >= 0.6 is 0 Å². The molecule has 0 aliphatic carbocycles. The van der Waals surface area contributed by atoms with E-state index in [1.54, 1.807) is 38.4 Å². The van der Waals surface area contributed by atoms with Gasteiger partial charge in [-0.1, -0.05) is 0 Å². The van der Waals surface area contributed by atoms with Gasteiger partial charge in [0.1, 0.15) is 17.2 Å². The molecular formula is C20H34N4O4. The number of carbonyl (C=O) groups is 1. The van der Waals surface area contributed by atoms with E-state index in [1.165, 1.54) is 0 Å². The number of amides is 1. The minimum absolute atomic E-state index is 0.0673. The van der Waals surface area contributed by atoms with Crippen molar-refractivity contribution >= 4 is 11.9 Å². The first kappa shape index (κ1) is 23.4. The highest BCUT2D eigenvalue weighted by Gasteiger charge is 2.17. The second kappa shape index (κ2) is 11.9. The van der Waals surface area contributed by atoms with E-state index in [9.17, 15) is 4.79 Å². The van der Waals surface area contributed by atoms with Crippen LogP contribution in [0.15, 0.2) is 17.1 Å². The quantitative estimate of drug-likeness (QED) is 0.483. The minimum Gasteiger partial charge on any atom is -0.496 e. The molecule has 1 aromatic rings. The van der Waals surface area contributed by atoms with Crippen LogP contribution in [-0.4, -0.2) is 76.2 Å². The molecule has 0 atom stereocenters. The number of hydrogen-bond donors (Lipinski definition) is 1. The van der Waals surface area contributed by atoms with E-state index in [-0.39, 0.29) is 12.5 Å². The molecule has 0 spiro atoms. The van der Waals surface area contributed by atoms with Gasteiger partial charge in [0.05, 0.1) is 40.0 Å². The number of ether oxygens (including phenoxy) is 3. The number of aliphatic imine (C=N–C) groups is 1. The zero-order chi connectivity index (χ0) is 21.1. The Bertz CT molecular complexity index is 635. The van der Waals surface area contributed by atoms with E-state index in [0.717, 1.165) is 5.56 Å². The predicted octanol–water partition coefficient (Wildman–Crippen LogP) is 1.98.